The van der Waals surface area contributed by atoms with Crippen LogP contribution in [0.3, 0.4) is 0 Å². The lowest BCUT2D eigenvalue weighted by Crippen LogP contribution is -2.32. The minimum atomic E-state index is -1.91. The summed E-state index contributed by atoms with van der Waals surface area (Å²) >= 11 is 0. The lowest BCUT2D eigenvalue weighted by Gasteiger charge is -2.21. The number of benzene rings is 2. The fraction of sp³-hybridized carbons (Fsp3) is 0.278. The Bertz CT molecular complexity index is 652. The molecule has 2 aromatic rings. The molecule has 0 aliphatic carbocycles. The van der Waals surface area contributed by atoms with E-state index in [1.54, 1.807) is 12.1 Å². The zero-order valence-electron chi connectivity index (χ0n) is 13.0. The van der Waals surface area contributed by atoms with Gasteiger partial charge in [-0.3, -0.25) is 0 Å². The Kier molecular flexibility index (Phi) is 4.52. The van der Waals surface area contributed by atoms with Gasteiger partial charge in [-0.05, 0) is 55.2 Å². The number of carbonyl (C=O) groups is 1. The molecular weight excluding hydrogens is 280 g/mol. The summed E-state index contributed by atoms with van der Waals surface area (Å²) in [4.78, 5) is 11.2. The quantitative estimate of drug-likeness (QED) is 0.890. The number of aliphatic hydroxyl groups is 1. The summed E-state index contributed by atoms with van der Waals surface area (Å²) in [6.07, 6.45) is 0. The number of aliphatic carboxylic acids is 1. The molecule has 2 N–H and O–H groups in total. The molecule has 0 aliphatic rings. The molecule has 116 valence electrons. The van der Waals surface area contributed by atoms with Crippen LogP contribution >= 0.6 is 0 Å². The van der Waals surface area contributed by atoms with Crippen LogP contribution in [0.5, 0.6) is 5.75 Å². The van der Waals surface area contributed by atoms with Crippen molar-refractivity contribution in [1.82, 2.24) is 0 Å². The molecule has 0 heterocycles. The van der Waals surface area contributed by atoms with E-state index in [0.717, 1.165) is 16.7 Å². The van der Waals surface area contributed by atoms with E-state index in [-0.39, 0.29) is 0 Å². The average molecular weight is 300 g/mol. The van der Waals surface area contributed by atoms with Gasteiger partial charge in [0.2, 0.25) is 0 Å². The number of carboxylic acids is 1. The van der Waals surface area contributed by atoms with Crippen molar-refractivity contribution in [2.45, 2.75) is 33.0 Å². The molecule has 0 amide bonds. The smallest absolute Gasteiger partial charge is 0.340 e. The van der Waals surface area contributed by atoms with Crippen molar-refractivity contribution in [3.05, 3.63) is 64.7 Å². The van der Waals surface area contributed by atoms with Crippen LogP contribution in [-0.4, -0.2) is 16.2 Å². The summed E-state index contributed by atoms with van der Waals surface area (Å²) in [5.41, 5.74) is 1.10. The van der Waals surface area contributed by atoms with Crippen molar-refractivity contribution < 1.29 is 19.7 Å². The minimum absolute atomic E-state index is 0.349. The van der Waals surface area contributed by atoms with Gasteiger partial charge in [0, 0.05) is 0 Å². The zero-order valence-corrected chi connectivity index (χ0v) is 13.0. The maximum Gasteiger partial charge on any atom is 0.340 e. The van der Waals surface area contributed by atoms with Gasteiger partial charge in [-0.1, -0.05) is 30.3 Å². The standard InChI is InChI=1S/C18H20O4/c1-12-9-15(18(3,21)17(19)20)10-13(2)16(12)22-11-14-7-5-4-6-8-14/h4-10,21H,11H2,1-3H3,(H,19,20)/t18-/m1/s1. The van der Waals surface area contributed by atoms with Crippen LogP contribution in [0.15, 0.2) is 42.5 Å². The van der Waals surface area contributed by atoms with Gasteiger partial charge in [-0.2, -0.15) is 0 Å². The molecule has 0 bridgehead atoms. The molecule has 22 heavy (non-hydrogen) atoms. The van der Waals surface area contributed by atoms with Crippen molar-refractivity contribution in [3.63, 3.8) is 0 Å². The van der Waals surface area contributed by atoms with Crippen LogP contribution in [0, 0.1) is 13.8 Å². The van der Waals surface area contributed by atoms with E-state index >= 15 is 0 Å². The lowest BCUT2D eigenvalue weighted by molar-refractivity contribution is -0.157. The third-order valence-corrected chi connectivity index (χ3v) is 3.66. The zero-order chi connectivity index (χ0) is 16.3. The second-order valence-electron chi connectivity index (χ2n) is 5.59. The van der Waals surface area contributed by atoms with Crippen LogP contribution in [0.4, 0.5) is 0 Å². The van der Waals surface area contributed by atoms with Gasteiger partial charge in [-0.25, -0.2) is 4.79 Å². The fourth-order valence-electron chi connectivity index (χ4n) is 2.31. The van der Waals surface area contributed by atoms with Gasteiger partial charge >= 0.3 is 5.97 Å². The first-order valence-electron chi connectivity index (χ1n) is 7.06. The molecule has 1 atom stereocenters. The third-order valence-electron chi connectivity index (χ3n) is 3.66. The highest BCUT2D eigenvalue weighted by atomic mass is 16.5. The molecule has 2 rings (SSSR count). The van der Waals surface area contributed by atoms with E-state index in [9.17, 15) is 9.90 Å². The topological polar surface area (TPSA) is 66.8 Å². The highest BCUT2D eigenvalue weighted by molar-refractivity contribution is 5.78. The molecule has 0 fully saturated rings. The first-order chi connectivity index (χ1) is 10.3. The first kappa shape index (κ1) is 16.0. The Balaban J connectivity index is 2.26. The Morgan fingerprint density at radius 1 is 1.14 bits per heavy atom. The molecule has 0 unspecified atom stereocenters. The van der Waals surface area contributed by atoms with Gasteiger partial charge in [0.25, 0.3) is 0 Å². The van der Waals surface area contributed by atoms with E-state index in [1.165, 1.54) is 6.92 Å². The van der Waals surface area contributed by atoms with Gasteiger partial charge in [0.15, 0.2) is 5.60 Å². The molecule has 0 saturated heterocycles. The monoisotopic (exact) mass is 300 g/mol. The van der Waals surface area contributed by atoms with E-state index in [0.29, 0.717) is 17.9 Å². The molecule has 4 nitrogen and oxygen atoms in total. The Morgan fingerprint density at radius 3 is 2.18 bits per heavy atom. The first-order valence-corrected chi connectivity index (χ1v) is 7.06. The summed E-state index contributed by atoms with van der Waals surface area (Å²) in [5, 5.41) is 19.2. The normalized spacial score (nSPS) is 13.5. The summed E-state index contributed by atoms with van der Waals surface area (Å²) in [6, 6.07) is 13.1. The van der Waals surface area contributed by atoms with E-state index < -0.39 is 11.6 Å². The number of aryl methyl sites for hydroxylation is 2. The van der Waals surface area contributed by atoms with Crippen molar-refractivity contribution in [2.75, 3.05) is 0 Å². The van der Waals surface area contributed by atoms with Crippen molar-refractivity contribution >= 4 is 5.97 Å². The number of rotatable bonds is 5. The fourth-order valence-corrected chi connectivity index (χ4v) is 2.31. The molecule has 2 aromatic carbocycles. The Labute approximate surface area is 130 Å². The second-order valence-corrected chi connectivity index (χ2v) is 5.59. The van der Waals surface area contributed by atoms with Gasteiger partial charge < -0.3 is 14.9 Å². The van der Waals surface area contributed by atoms with Crippen LogP contribution in [0.1, 0.15) is 29.2 Å². The number of ether oxygens (including phenoxy) is 1. The van der Waals surface area contributed by atoms with Crippen LogP contribution in [-0.2, 0) is 17.0 Å². The minimum Gasteiger partial charge on any atom is -0.488 e. The van der Waals surface area contributed by atoms with Crippen molar-refractivity contribution in [1.29, 1.82) is 0 Å². The van der Waals surface area contributed by atoms with E-state index in [4.69, 9.17) is 9.84 Å². The molecule has 4 heteroatoms. The molecule has 0 saturated carbocycles. The van der Waals surface area contributed by atoms with E-state index in [2.05, 4.69) is 0 Å². The Morgan fingerprint density at radius 2 is 1.68 bits per heavy atom. The predicted octanol–water partition coefficient (Wildman–Crippen LogP) is 3.17. The van der Waals surface area contributed by atoms with Crippen LogP contribution in [0.2, 0.25) is 0 Å². The lowest BCUT2D eigenvalue weighted by atomic mass is 9.92. The molecule has 0 aromatic heterocycles. The highest BCUT2D eigenvalue weighted by Crippen LogP contribution is 2.30. The number of hydrogen-bond acceptors (Lipinski definition) is 3. The summed E-state index contributed by atoms with van der Waals surface area (Å²) < 4.78 is 5.85. The summed E-state index contributed by atoms with van der Waals surface area (Å²) in [5.74, 6) is -0.557. The average Bonchev–Trinajstić information content (AvgIpc) is 2.47. The maximum atomic E-state index is 11.2. The van der Waals surface area contributed by atoms with Crippen molar-refractivity contribution in [3.8, 4) is 5.75 Å². The van der Waals surface area contributed by atoms with Crippen LogP contribution in [0.25, 0.3) is 0 Å². The Hall–Kier alpha value is -2.33. The summed E-state index contributed by atoms with van der Waals surface area (Å²) in [6.45, 7) is 5.40. The molecule has 0 aliphatic heterocycles. The second kappa shape index (κ2) is 6.20. The molecular formula is C18H20O4. The SMILES string of the molecule is Cc1cc([C@@](C)(O)C(=O)O)cc(C)c1OCc1ccccc1. The number of carboxylic acid groups (broad SMARTS) is 1. The van der Waals surface area contributed by atoms with E-state index in [1.807, 2.05) is 44.2 Å². The molecule has 0 spiro atoms. The van der Waals surface area contributed by atoms with Crippen LogP contribution < -0.4 is 4.74 Å². The maximum absolute atomic E-state index is 11.2. The highest BCUT2D eigenvalue weighted by Gasteiger charge is 2.33. The van der Waals surface area contributed by atoms with Gasteiger partial charge in [-0.15, -0.1) is 0 Å². The van der Waals surface area contributed by atoms with Gasteiger partial charge in [0.1, 0.15) is 12.4 Å². The van der Waals surface area contributed by atoms with Crippen molar-refractivity contribution in [2.24, 2.45) is 0 Å². The van der Waals surface area contributed by atoms with Gasteiger partial charge in [0.05, 0.1) is 0 Å². The predicted molar refractivity (Wildman–Crippen MR) is 83.9 cm³/mol. The summed E-state index contributed by atoms with van der Waals surface area (Å²) in [7, 11) is 0. The number of hydrogen-bond donors (Lipinski definition) is 2. The molecule has 0 radical (unpaired) electrons. The largest absolute Gasteiger partial charge is 0.488 e. The third kappa shape index (κ3) is 3.28.